The molecule has 0 saturated heterocycles. The molecule has 3 aromatic rings. The number of hydrogen-bond donors (Lipinski definition) is 3. The number of phenolic OH excluding ortho intramolecular Hbond substituents is 1. The molecule has 6 nitrogen and oxygen atoms in total. The van der Waals surface area contributed by atoms with Crippen LogP contribution in [0.5, 0.6) is 5.75 Å². The molecule has 0 radical (unpaired) electrons. The molecule has 2 aromatic carbocycles. The molecule has 0 aliphatic heterocycles. The highest BCUT2D eigenvalue weighted by Crippen LogP contribution is 2.31. The smallest absolute Gasteiger partial charge is 0.416 e. The van der Waals surface area contributed by atoms with E-state index >= 15 is 0 Å². The molecule has 0 fully saturated rings. The minimum atomic E-state index is -4.44. The number of aliphatic imine (C=N–C) groups is 1. The summed E-state index contributed by atoms with van der Waals surface area (Å²) in [7, 11) is 0. The second-order valence-electron chi connectivity index (χ2n) is 5.90. The molecule has 0 saturated carbocycles. The predicted octanol–water partition coefficient (Wildman–Crippen LogP) is 3.82. The molecule has 0 unspecified atom stereocenters. The molecule has 28 heavy (non-hydrogen) atoms. The number of halogens is 3. The average Bonchev–Trinajstić information content (AvgIpc) is 3.09. The molecule has 0 aliphatic rings. The summed E-state index contributed by atoms with van der Waals surface area (Å²) in [6, 6.07) is 11.3. The van der Waals surface area contributed by atoms with E-state index in [0.717, 1.165) is 17.7 Å². The zero-order valence-electron chi connectivity index (χ0n) is 14.5. The molecule has 144 valence electrons. The first kappa shape index (κ1) is 19.2. The van der Waals surface area contributed by atoms with Crippen molar-refractivity contribution in [2.75, 3.05) is 0 Å². The maximum atomic E-state index is 12.7. The number of aromatic nitrogens is 3. The first-order valence-electron chi connectivity index (χ1n) is 8.18. The van der Waals surface area contributed by atoms with Crippen LogP contribution in [0.25, 0.3) is 6.08 Å². The van der Waals surface area contributed by atoms with E-state index in [0.29, 0.717) is 18.1 Å². The molecule has 4 N–H and O–H groups in total. The topological polar surface area (TPSA) is 100 Å². The maximum Gasteiger partial charge on any atom is 0.416 e. The number of amidine groups is 1. The summed E-state index contributed by atoms with van der Waals surface area (Å²) in [6.07, 6.45) is -1.03. The zero-order chi connectivity index (χ0) is 20.1. The number of nitrogens with one attached hydrogen (secondary N) is 1. The number of phenols is 1. The first-order valence-corrected chi connectivity index (χ1v) is 8.18. The summed E-state index contributed by atoms with van der Waals surface area (Å²) in [5.74, 6) is 1.17. The molecule has 3 rings (SSSR count). The van der Waals surface area contributed by atoms with Gasteiger partial charge in [0.25, 0.3) is 0 Å². The molecule has 0 amide bonds. The second kappa shape index (κ2) is 7.95. The molecule has 0 bridgehead atoms. The van der Waals surface area contributed by atoms with E-state index in [1.54, 1.807) is 24.3 Å². The summed E-state index contributed by atoms with van der Waals surface area (Å²) in [4.78, 5) is 8.23. The second-order valence-corrected chi connectivity index (χ2v) is 5.90. The van der Waals surface area contributed by atoms with Crippen molar-refractivity contribution >= 4 is 17.6 Å². The van der Waals surface area contributed by atoms with Crippen LogP contribution in [0.15, 0.2) is 59.6 Å². The first-order chi connectivity index (χ1) is 13.3. The van der Waals surface area contributed by atoms with Gasteiger partial charge in [-0.15, -0.1) is 0 Å². The Hall–Kier alpha value is -3.62. The van der Waals surface area contributed by atoms with E-state index in [9.17, 15) is 18.3 Å². The van der Waals surface area contributed by atoms with Crippen molar-refractivity contribution in [1.29, 1.82) is 0 Å². The van der Waals surface area contributed by atoms with Crippen molar-refractivity contribution in [3.63, 3.8) is 0 Å². The van der Waals surface area contributed by atoms with Crippen molar-refractivity contribution in [3.8, 4) is 5.75 Å². The molecule has 0 atom stereocenters. The molecule has 9 heteroatoms. The fourth-order valence-electron chi connectivity index (χ4n) is 2.37. The van der Waals surface area contributed by atoms with Gasteiger partial charge in [0, 0.05) is 6.42 Å². The average molecular weight is 387 g/mol. The van der Waals surface area contributed by atoms with Gasteiger partial charge in [-0.1, -0.05) is 18.2 Å². The number of H-pyrrole nitrogens is 1. The number of aromatic amines is 1. The molecule has 0 aliphatic carbocycles. The molecule has 0 spiro atoms. The van der Waals surface area contributed by atoms with Gasteiger partial charge in [0.1, 0.15) is 17.4 Å². The summed E-state index contributed by atoms with van der Waals surface area (Å²) >= 11 is 0. The minimum Gasteiger partial charge on any atom is -0.508 e. The number of benzene rings is 2. The minimum absolute atomic E-state index is 0.0178. The van der Waals surface area contributed by atoms with Crippen molar-refractivity contribution in [2.45, 2.75) is 12.6 Å². The van der Waals surface area contributed by atoms with Gasteiger partial charge in [-0.2, -0.15) is 18.3 Å². The Balaban J connectivity index is 1.67. The summed E-state index contributed by atoms with van der Waals surface area (Å²) in [5.41, 5.74) is 5.99. The number of rotatable bonds is 5. The quantitative estimate of drug-likeness (QED) is 0.458. The van der Waals surface area contributed by atoms with Gasteiger partial charge in [-0.05, 0) is 48.0 Å². The van der Waals surface area contributed by atoms with Crippen LogP contribution in [0.1, 0.15) is 22.8 Å². The van der Waals surface area contributed by atoms with Crippen LogP contribution in [0.4, 0.5) is 18.9 Å². The van der Waals surface area contributed by atoms with Gasteiger partial charge < -0.3 is 10.8 Å². The Bertz CT molecular complexity index is 1010. The highest BCUT2D eigenvalue weighted by molar-refractivity contribution is 5.96. The van der Waals surface area contributed by atoms with Crippen molar-refractivity contribution in [1.82, 2.24) is 15.2 Å². The number of nitrogens with two attached hydrogens (primary N) is 1. The Kier molecular flexibility index (Phi) is 5.44. The standard InChI is InChI=1S/C19H16F3N5O/c20-19(21,22)13-2-1-3-14(11-13)24-16(23)8-9-17-25-18(27-26-17)10-12-4-6-15(28)7-5-12/h1-9,11,28H,10H2,(H2,23,24)(H,25,26,27)/b9-8-. The van der Waals surface area contributed by atoms with Gasteiger partial charge in [0.05, 0.1) is 11.3 Å². The predicted molar refractivity (Wildman–Crippen MR) is 99.1 cm³/mol. The van der Waals surface area contributed by atoms with E-state index in [-0.39, 0.29) is 17.3 Å². The van der Waals surface area contributed by atoms with Crippen LogP contribution in [0.3, 0.4) is 0 Å². The van der Waals surface area contributed by atoms with Crippen molar-refractivity contribution in [3.05, 3.63) is 77.4 Å². The van der Waals surface area contributed by atoms with Gasteiger partial charge in [0.15, 0.2) is 5.82 Å². The number of hydrogen-bond acceptors (Lipinski definition) is 4. The molecule has 1 heterocycles. The maximum absolute atomic E-state index is 12.7. The van der Waals surface area contributed by atoms with Crippen LogP contribution in [0, 0.1) is 0 Å². The normalized spacial score (nSPS) is 12.6. The summed E-state index contributed by atoms with van der Waals surface area (Å²) in [5, 5.41) is 16.1. The van der Waals surface area contributed by atoms with Gasteiger partial charge in [-0.25, -0.2) is 9.98 Å². The third kappa shape index (κ3) is 5.19. The van der Waals surface area contributed by atoms with Crippen LogP contribution in [-0.2, 0) is 12.6 Å². The zero-order valence-corrected chi connectivity index (χ0v) is 14.5. The monoisotopic (exact) mass is 387 g/mol. The highest BCUT2D eigenvalue weighted by atomic mass is 19.4. The van der Waals surface area contributed by atoms with E-state index in [1.165, 1.54) is 24.3 Å². The van der Waals surface area contributed by atoms with Crippen molar-refractivity contribution in [2.24, 2.45) is 10.7 Å². The van der Waals surface area contributed by atoms with Crippen LogP contribution in [0.2, 0.25) is 0 Å². The highest BCUT2D eigenvalue weighted by Gasteiger charge is 2.30. The lowest BCUT2D eigenvalue weighted by Crippen LogP contribution is -2.07. The van der Waals surface area contributed by atoms with E-state index in [2.05, 4.69) is 20.2 Å². The lowest BCUT2D eigenvalue weighted by molar-refractivity contribution is -0.137. The number of nitrogens with zero attached hydrogens (tertiary/aromatic N) is 3. The van der Waals surface area contributed by atoms with Crippen molar-refractivity contribution < 1.29 is 18.3 Å². The van der Waals surface area contributed by atoms with Crippen LogP contribution < -0.4 is 5.73 Å². The van der Waals surface area contributed by atoms with Gasteiger partial charge >= 0.3 is 6.18 Å². The Morgan fingerprint density at radius 1 is 1.18 bits per heavy atom. The molecular weight excluding hydrogens is 371 g/mol. The van der Waals surface area contributed by atoms with E-state index < -0.39 is 11.7 Å². The number of aromatic hydroxyl groups is 1. The van der Waals surface area contributed by atoms with Crippen LogP contribution >= 0.6 is 0 Å². The van der Waals surface area contributed by atoms with E-state index in [4.69, 9.17) is 5.73 Å². The number of alkyl halides is 3. The molecule has 1 aromatic heterocycles. The summed E-state index contributed by atoms with van der Waals surface area (Å²) < 4.78 is 38.2. The summed E-state index contributed by atoms with van der Waals surface area (Å²) in [6.45, 7) is 0. The van der Waals surface area contributed by atoms with Gasteiger partial charge in [-0.3, -0.25) is 5.10 Å². The fraction of sp³-hybridized carbons (Fsp3) is 0.105. The largest absolute Gasteiger partial charge is 0.508 e. The third-order valence-electron chi connectivity index (χ3n) is 3.69. The fourth-order valence-corrected chi connectivity index (χ4v) is 2.37. The lowest BCUT2D eigenvalue weighted by atomic mass is 10.1. The Labute approximate surface area is 158 Å². The van der Waals surface area contributed by atoms with E-state index in [1.807, 2.05) is 0 Å². The lowest BCUT2D eigenvalue weighted by Gasteiger charge is -2.06. The molecular formula is C19H16F3N5O. The Morgan fingerprint density at radius 3 is 2.64 bits per heavy atom. The Morgan fingerprint density at radius 2 is 1.93 bits per heavy atom. The van der Waals surface area contributed by atoms with Crippen LogP contribution in [-0.4, -0.2) is 26.1 Å². The van der Waals surface area contributed by atoms with Gasteiger partial charge in [0.2, 0.25) is 0 Å². The SMILES string of the molecule is NC(/C=C\c1n[nH]c(Cc2ccc(O)cc2)n1)=Nc1cccc(C(F)(F)F)c1. The third-order valence-corrected chi connectivity index (χ3v) is 3.69.